The van der Waals surface area contributed by atoms with Crippen molar-refractivity contribution in [3.63, 3.8) is 0 Å². The highest BCUT2D eigenvalue weighted by Crippen LogP contribution is 2.25. The van der Waals surface area contributed by atoms with Crippen LogP contribution in [0.3, 0.4) is 0 Å². The monoisotopic (exact) mass is 272 g/mol. The van der Waals surface area contributed by atoms with Gasteiger partial charge in [-0.15, -0.1) is 11.3 Å². The first kappa shape index (κ1) is 12.2. The molecule has 98 valence electrons. The van der Waals surface area contributed by atoms with Crippen LogP contribution in [0.4, 0.5) is 0 Å². The number of imidazole rings is 1. The fraction of sp³-hybridized carbons (Fsp3) is 0.267. The van der Waals surface area contributed by atoms with E-state index in [4.69, 9.17) is 4.74 Å². The van der Waals surface area contributed by atoms with Gasteiger partial charge < -0.3 is 4.74 Å². The summed E-state index contributed by atoms with van der Waals surface area (Å²) in [6.45, 7) is 4.96. The molecule has 0 atom stereocenters. The molecule has 0 bridgehead atoms. The lowest BCUT2D eigenvalue weighted by Gasteiger charge is -2.04. The van der Waals surface area contributed by atoms with Crippen LogP contribution in [-0.2, 0) is 0 Å². The van der Waals surface area contributed by atoms with Crippen molar-refractivity contribution in [2.45, 2.75) is 20.3 Å². The highest BCUT2D eigenvalue weighted by molar-refractivity contribution is 7.15. The summed E-state index contributed by atoms with van der Waals surface area (Å²) in [5.41, 5.74) is 3.36. The number of aromatic nitrogens is 2. The van der Waals surface area contributed by atoms with E-state index in [0.29, 0.717) is 0 Å². The predicted octanol–water partition coefficient (Wildman–Crippen LogP) is 4.16. The van der Waals surface area contributed by atoms with Crippen molar-refractivity contribution in [3.05, 3.63) is 41.5 Å². The van der Waals surface area contributed by atoms with Gasteiger partial charge in [0.25, 0.3) is 0 Å². The highest BCUT2D eigenvalue weighted by Gasteiger charge is 2.07. The summed E-state index contributed by atoms with van der Waals surface area (Å²) >= 11 is 1.67. The minimum atomic E-state index is 0.763. The van der Waals surface area contributed by atoms with Crippen LogP contribution < -0.4 is 4.74 Å². The molecule has 2 heterocycles. The molecule has 2 aromatic heterocycles. The molecule has 0 unspecified atom stereocenters. The van der Waals surface area contributed by atoms with Crippen LogP contribution in [0.5, 0.6) is 5.75 Å². The first-order valence-electron chi connectivity index (χ1n) is 6.44. The maximum atomic E-state index is 5.59. The van der Waals surface area contributed by atoms with Crippen molar-refractivity contribution >= 4 is 16.3 Å². The lowest BCUT2D eigenvalue weighted by Crippen LogP contribution is -1.94. The molecule has 0 fully saturated rings. The first-order valence-corrected chi connectivity index (χ1v) is 7.32. The molecule has 3 rings (SSSR count). The summed E-state index contributed by atoms with van der Waals surface area (Å²) in [7, 11) is 0. The van der Waals surface area contributed by atoms with E-state index in [1.54, 1.807) is 11.3 Å². The van der Waals surface area contributed by atoms with E-state index in [2.05, 4.69) is 46.9 Å². The third-order valence-corrected chi connectivity index (χ3v) is 3.97. The zero-order valence-corrected chi connectivity index (χ0v) is 11.9. The van der Waals surface area contributed by atoms with E-state index >= 15 is 0 Å². The maximum Gasteiger partial charge on any atom is 0.194 e. The maximum absolute atomic E-state index is 5.59. The Morgan fingerprint density at radius 3 is 2.74 bits per heavy atom. The zero-order chi connectivity index (χ0) is 13.2. The Balaban J connectivity index is 1.88. The van der Waals surface area contributed by atoms with E-state index in [1.165, 1.54) is 5.69 Å². The number of fused-ring (bicyclic) bond motifs is 1. The number of ether oxygens (including phenoxy) is 1. The van der Waals surface area contributed by atoms with E-state index in [-0.39, 0.29) is 0 Å². The molecule has 0 amide bonds. The molecule has 0 aliphatic rings. The Labute approximate surface area is 116 Å². The molecular formula is C15H16N2OS. The first-order chi connectivity index (χ1) is 9.28. The molecule has 0 spiro atoms. The van der Waals surface area contributed by atoms with Gasteiger partial charge in [-0.1, -0.05) is 6.92 Å². The number of aryl methyl sites for hydroxylation is 1. The molecule has 3 aromatic rings. The summed E-state index contributed by atoms with van der Waals surface area (Å²) in [6, 6.07) is 8.14. The molecule has 0 saturated carbocycles. The molecule has 19 heavy (non-hydrogen) atoms. The van der Waals surface area contributed by atoms with Crippen LogP contribution in [0.2, 0.25) is 0 Å². The van der Waals surface area contributed by atoms with Crippen molar-refractivity contribution in [1.29, 1.82) is 0 Å². The Hall–Kier alpha value is -1.81. The minimum absolute atomic E-state index is 0.763. The van der Waals surface area contributed by atoms with Crippen LogP contribution in [0.25, 0.3) is 16.2 Å². The lowest BCUT2D eigenvalue weighted by molar-refractivity contribution is 0.317. The summed E-state index contributed by atoms with van der Waals surface area (Å²) in [6.07, 6.45) is 3.11. The van der Waals surface area contributed by atoms with Gasteiger partial charge in [0, 0.05) is 22.8 Å². The standard InChI is InChI=1S/C15H16N2OS/c1-3-8-18-13-6-4-12(5-7-13)14-9-17-11(2)10-19-15(17)16-14/h4-7,9-10H,3,8H2,1-2H3. The van der Waals surface area contributed by atoms with Gasteiger partial charge >= 0.3 is 0 Å². The predicted molar refractivity (Wildman–Crippen MR) is 79.0 cm³/mol. The Morgan fingerprint density at radius 2 is 2.05 bits per heavy atom. The number of benzene rings is 1. The Kier molecular flexibility index (Phi) is 3.25. The molecule has 4 heteroatoms. The smallest absolute Gasteiger partial charge is 0.194 e. The third kappa shape index (κ3) is 2.36. The number of thiazole rings is 1. The second-order valence-corrected chi connectivity index (χ2v) is 5.37. The third-order valence-electron chi connectivity index (χ3n) is 3.01. The number of hydrogen-bond donors (Lipinski definition) is 0. The second kappa shape index (κ2) is 5.05. The molecule has 0 radical (unpaired) electrons. The normalized spacial score (nSPS) is 11.1. The Bertz CT molecular complexity index is 682. The molecular weight excluding hydrogens is 256 g/mol. The summed E-state index contributed by atoms with van der Waals surface area (Å²) in [4.78, 5) is 5.68. The van der Waals surface area contributed by atoms with Gasteiger partial charge in [0.05, 0.1) is 12.3 Å². The summed E-state index contributed by atoms with van der Waals surface area (Å²) < 4.78 is 7.71. The van der Waals surface area contributed by atoms with Gasteiger partial charge in [-0.3, -0.25) is 4.40 Å². The minimum Gasteiger partial charge on any atom is -0.494 e. The van der Waals surface area contributed by atoms with Crippen molar-refractivity contribution in [3.8, 4) is 17.0 Å². The molecule has 0 N–H and O–H groups in total. The van der Waals surface area contributed by atoms with Gasteiger partial charge in [-0.25, -0.2) is 4.98 Å². The van der Waals surface area contributed by atoms with Crippen molar-refractivity contribution < 1.29 is 4.74 Å². The van der Waals surface area contributed by atoms with Gasteiger partial charge in [-0.05, 0) is 37.6 Å². The number of rotatable bonds is 4. The lowest BCUT2D eigenvalue weighted by atomic mass is 10.2. The second-order valence-electron chi connectivity index (χ2n) is 4.53. The number of hydrogen-bond acceptors (Lipinski definition) is 3. The molecule has 1 aromatic carbocycles. The fourth-order valence-corrected chi connectivity index (χ4v) is 2.83. The van der Waals surface area contributed by atoms with E-state index < -0.39 is 0 Å². The van der Waals surface area contributed by atoms with E-state index in [0.717, 1.165) is 35.0 Å². The van der Waals surface area contributed by atoms with Crippen molar-refractivity contribution in [1.82, 2.24) is 9.38 Å². The average molecular weight is 272 g/mol. The van der Waals surface area contributed by atoms with Gasteiger partial charge in [0.1, 0.15) is 5.75 Å². The van der Waals surface area contributed by atoms with Crippen molar-refractivity contribution in [2.75, 3.05) is 6.61 Å². The summed E-state index contributed by atoms with van der Waals surface area (Å²) in [5, 5.41) is 2.12. The molecule has 0 aliphatic heterocycles. The van der Waals surface area contributed by atoms with Crippen molar-refractivity contribution in [2.24, 2.45) is 0 Å². The van der Waals surface area contributed by atoms with E-state index in [9.17, 15) is 0 Å². The Morgan fingerprint density at radius 1 is 1.26 bits per heavy atom. The van der Waals surface area contributed by atoms with Gasteiger partial charge in [0.15, 0.2) is 4.96 Å². The average Bonchev–Trinajstić information content (AvgIpc) is 3.00. The molecule has 0 aliphatic carbocycles. The fourth-order valence-electron chi connectivity index (χ4n) is 1.97. The van der Waals surface area contributed by atoms with Crippen LogP contribution in [0, 0.1) is 6.92 Å². The van der Waals surface area contributed by atoms with Crippen LogP contribution in [0.1, 0.15) is 19.0 Å². The molecule has 0 saturated heterocycles. The van der Waals surface area contributed by atoms with Crippen LogP contribution in [-0.4, -0.2) is 16.0 Å². The topological polar surface area (TPSA) is 26.5 Å². The van der Waals surface area contributed by atoms with Crippen LogP contribution in [0.15, 0.2) is 35.8 Å². The van der Waals surface area contributed by atoms with Gasteiger partial charge in [-0.2, -0.15) is 0 Å². The largest absolute Gasteiger partial charge is 0.494 e. The quantitative estimate of drug-likeness (QED) is 0.713. The SMILES string of the molecule is CCCOc1ccc(-c2cn3c(C)csc3n2)cc1. The molecule has 3 nitrogen and oxygen atoms in total. The summed E-state index contributed by atoms with van der Waals surface area (Å²) in [5.74, 6) is 0.919. The highest BCUT2D eigenvalue weighted by atomic mass is 32.1. The number of nitrogens with zero attached hydrogens (tertiary/aromatic N) is 2. The van der Waals surface area contributed by atoms with Gasteiger partial charge in [0.2, 0.25) is 0 Å². The van der Waals surface area contributed by atoms with E-state index in [1.807, 2.05) is 12.1 Å². The van der Waals surface area contributed by atoms with Crippen LogP contribution >= 0.6 is 11.3 Å². The zero-order valence-electron chi connectivity index (χ0n) is 11.1.